The Morgan fingerprint density at radius 1 is 1.33 bits per heavy atom. The first-order valence-electron chi connectivity index (χ1n) is 4.28. The second-order valence-electron chi connectivity index (χ2n) is 3.58. The van der Waals surface area contributed by atoms with E-state index in [0.29, 0.717) is 0 Å². The van der Waals surface area contributed by atoms with Crippen LogP contribution in [-0.4, -0.2) is 11.7 Å². The fourth-order valence-electron chi connectivity index (χ4n) is 1.17. The van der Waals surface area contributed by atoms with Crippen LogP contribution in [0.5, 0.6) is 5.75 Å². The van der Waals surface area contributed by atoms with Gasteiger partial charge < -0.3 is 9.84 Å². The third-order valence-corrected chi connectivity index (χ3v) is 1.82. The molecule has 0 unspecified atom stereocenters. The molecule has 0 radical (unpaired) electrons. The maximum absolute atomic E-state index is 13.3. The molecular formula is C10H11F3O2. The van der Waals surface area contributed by atoms with Gasteiger partial charge in [-0.15, -0.1) is 0 Å². The van der Waals surface area contributed by atoms with E-state index >= 15 is 0 Å². The van der Waals surface area contributed by atoms with Crippen LogP contribution < -0.4 is 4.74 Å². The van der Waals surface area contributed by atoms with Crippen molar-refractivity contribution in [2.75, 3.05) is 0 Å². The highest BCUT2D eigenvalue weighted by molar-refractivity contribution is 5.31. The summed E-state index contributed by atoms with van der Waals surface area (Å²) < 4.78 is 40.9. The zero-order valence-electron chi connectivity index (χ0n) is 8.30. The highest BCUT2D eigenvalue weighted by atomic mass is 19.3. The number of halogens is 3. The number of hydrogen-bond donors (Lipinski definition) is 1. The summed E-state index contributed by atoms with van der Waals surface area (Å²) in [5, 5.41) is 9.51. The summed E-state index contributed by atoms with van der Waals surface area (Å²) in [5.74, 6) is -1.05. The molecule has 5 heteroatoms. The largest absolute Gasteiger partial charge is 0.435 e. The van der Waals surface area contributed by atoms with Gasteiger partial charge in [-0.25, -0.2) is 4.39 Å². The number of rotatable bonds is 3. The second kappa shape index (κ2) is 4.10. The van der Waals surface area contributed by atoms with E-state index in [9.17, 15) is 18.3 Å². The van der Waals surface area contributed by atoms with Gasteiger partial charge in [0.1, 0.15) is 11.6 Å². The molecule has 0 aromatic heterocycles. The van der Waals surface area contributed by atoms with Crippen molar-refractivity contribution in [1.82, 2.24) is 0 Å². The van der Waals surface area contributed by atoms with Crippen molar-refractivity contribution >= 4 is 0 Å². The molecule has 0 heterocycles. The van der Waals surface area contributed by atoms with Gasteiger partial charge in [-0.05, 0) is 26.0 Å². The Morgan fingerprint density at radius 2 is 1.93 bits per heavy atom. The van der Waals surface area contributed by atoms with E-state index < -0.39 is 18.0 Å². The van der Waals surface area contributed by atoms with Gasteiger partial charge in [0.2, 0.25) is 0 Å². The summed E-state index contributed by atoms with van der Waals surface area (Å²) in [6.07, 6.45) is 0. The van der Waals surface area contributed by atoms with Crippen molar-refractivity contribution in [2.24, 2.45) is 0 Å². The van der Waals surface area contributed by atoms with E-state index in [1.54, 1.807) is 0 Å². The normalized spacial score (nSPS) is 11.9. The maximum Gasteiger partial charge on any atom is 0.387 e. The van der Waals surface area contributed by atoms with Gasteiger partial charge in [0.05, 0.1) is 5.60 Å². The van der Waals surface area contributed by atoms with Gasteiger partial charge in [-0.1, -0.05) is 0 Å². The lowest BCUT2D eigenvalue weighted by atomic mass is 9.98. The van der Waals surface area contributed by atoms with Crippen molar-refractivity contribution in [3.63, 3.8) is 0 Å². The molecule has 1 N–H and O–H groups in total. The molecule has 0 spiro atoms. The van der Waals surface area contributed by atoms with E-state index in [4.69, 9.17) is 0 Å². The highest BCUT2D eigenvalue weighted by Crippen LogP contribution is 2.26. The summed E-state index contributed by atoms with van der Waals surface area (Å²) in [6, 6.07) is 3.22. The Labute approximate surface area is 85.3 Å². The Balaban J connectivity index is 2.99. The molecule has 2 nitrogen and oxygen atoms in total. The average Bonchev–Trinajstić information content (AvgIpc) is 1.99. The predicted octanol–water partition coefficient (Wildman–Crippen LogP) is 2.65. The number of aliphatic hydroxyl groups is 1. The lowest BCUT2D eigenvalue weighted by molar-refractivity contribution is -0.0500. The van der Waals surface area contributed by atoms with E-state index in [0.717, 1.165) is 6.07 Å². The van der Waals surface area contributed by atoms with E-state index in [1.807, 2.05) is 0 Å². The molecule has 15 heavy (non-hydrogen) atoms. The van der Waals surface area contributed by atoms with Crippen LogP contribution in [0.15, 0.2) is 18.2 Å². The average molecular weight is 220 g/mol. The monoisotopic (exact) mass is 220 g/mol. The lowest BCUT2D eigenvalue weighted by Crippen LogP contribution is -2.17. The molecule has 0 bridgehead atoms. The first-order valence-corrected chi connectivity index (χ1v) is 4.28. The molecule has 0 aliphatic rings. The molecular weight excluding hydrogens is 209 g/mol. The van der Waals surface area contributed by atoms with Gasteiger partial charge in [-0.3, -0.25) is 0 Å². The van der Waals surface area contributed by atoms with Crippen molar-refractivity contribution in [2.45, 2.75) is 26.1 Å². The molecule has 0 aliphatic heterocycles. The molecule has 1 aromatic rings. The predicted molar refractivity (Wildman–Crippen MR) is 48.3 cm³/mol. The Kier molecular flexibility index (Phi) is 3.24. The number of ether oxygens (including phenoxy) is 1. The summed E-state index contributed by atoms with van der Waals surface area (Å²) in [4.78, 5) is 0. The summed E-state index contributed by atoms with van der Waals surface area (Å²) in [6.45, 7) is -0.185. The summed E-state index contributed by atoms with van der Waals surface area (Å²) in [5.41, 5.74) is -1.32. The minimum Gasteiger partial charge on any atom is -0.435 e. The van der Waals surface area contributed by atoms with Crippen LogP contribution in [-0.2, 0) is 5.60 Å². The topological polar surface area (TPSA) is 29.5 Å². The maximum atomic E-state index is 13.3. The Bertz CT molecular complexity index is 345. The molecule has 0 fully saturated rings. The fraction of sp³-hybridized carbons (Fsp3) is 0.400. The number of hydrogen-bond acceptors (Lipinski definition) is 2. The van der Waals surface area contributed by atoms with Gasteiger partial charge >= 0.3 is 6.61 Å². The SMILES string of the molecule is CC(C)(O)c1ccc(OC(F)F)cc1F. The van der Waals surface area contributed by atoms with E-state index in [2.05, 4.69) is 4.74 Å². The highest BCUT2D eigenvalue weighted by Gasteiger charge is 2.21. The van der Waals surface area contributed by atoms with E-state index in [-0.39, 0.29) is 11.3 Å². The van der Waals surface area contributed by atoms with Crippen LogP contribution in [0.1, 0.15) is 19.4 Å². The molecule has 0 atom stereocenters. The van der Waals surface area contributed by atoms with Crippen LogP contribution in [0.4, 0.5) is 13.2 Å². The van der Waals surface area contributed by atoms with Crippen molar-refractivity contribution < 1.29 is 23.0 Å². The molecule has 0 aliphatic carbocycles. The van der Waals surface area contributed by atoms with Crippen LogP contribution in [0.25, 0.3) is 0 Å². The molecule has 0 amide bonds. The standard InChI is InChI=1S/C10H11F3O2/c1-10(2,14)7-4-3-6(5-8(7)11)15-9(12)13/h3-5,9,14H,1-2H3. The first-order chi connectivity index (χ1) is 6.80. The number of benzene rings is 1. The number of alkyl halides is 2. The van der Waals surface area contributed by atoms with Crippen LogP contribution in [0, 0.1) is 5.82 Å². The van der Waals surface area contributed by atoms with Gasteiger partial charge in [-0.2, -0.15) is 8.78 Å². The molecule has 0 saturated heterocycles. The zero-order valence-corrected chi connectivity index (χ0v) is 8.30. The Hall–Kier alpha value is -1.23. The van der Waals surface area contributed by atoms with Crippen molar-refractivity contribution in [3.05, 3.63) is 29.6 Å². The van der Waals surface area contributed by atoms with Crippen LogP contribution in [0.2, 0.25) is 0 Å². The third-order valence-electron chi connectivity index (χ3n) is 1.82. The smallest absolute Gasteiger partial charge is 0.387 e. The van der Waals surface area contributed by atoms with Gasteiger partial charge in [0.15, 0.2) is 0 Å². The quantitative estimate of drug-likeness (QED) is 0.848. The Morgan fingerprint density at radius 3 is 2.33 bits per heavy atom. The van der Waals surface area contributed by atoms with Crippen molar-refractivity contribution in [3.8, 4) is 5.75 Å². The van der Waals surface area contributed by atoms with E-state index in [1.165, 1.54) is 26.0 Å². The summed E-state index contributed by atoms with van der Waals surface area (Å²) >= 11 is 0. The van der Waals surface area contributed by atoms with Gasteiger partial charge in [0.25, 0.3) is 0 Å². The minimum atomic E-state index is -2.99. The first kappa shape index (κ1) is 11.8. The van der Waals surface area contributed by atoms with Gasteiger partial charge in [0, 0.05) is 11.6 Å². The molecule has 1 rings (SSSR count). The van der Waals surface area contributed by atoms with Crippen LogP contribution >= 0.6 is 0 Å². The molecule has 84 valence electrons. The summed E-state index contributed by atoms with van der Waals surface area (Å²) in [7, 11) is 0. The minimum absolute atomic E-state index is 0.0316. The van der Waals surface area contributed by atoms with Crippen molar-refractivity contribution in [1.29, 1.82) is 0 Å². The molecule has 1 aromatic carbocycles. The third kappa shape index (κ3) is 3.13. The second-order valence-corrected chi connectivity index (χ2v) is 3.58. The molecule has 0 saturated carbocycles. The van der Waals surface area contributed by atoms with Crippen LogP contribution in [0.3, 0.4) is 0 Å². The lowest BCUT2D eigenvalue weighted by Gasteiger charge is -2.18. The fourth-order valence-corrected chi connectivity index (χ4v) is 1.17. The zero-order chi connectivity index (χ0) is 11.6.